The summed E-state index contributed by atoms with van der Waals surface area (Å²) in [5, 5.41) is 22.0. The molecule has 1 amide bonds. The van der Waals surface area contributed by atoms with Crippen molar-refractivity contribution < 1.29 is 23.8 Å². The van der Waals surface area contributed by atoms with Crippen LogP contribution < -0.4 is 11.1 Å². The predicted octanol–water partition coefficient (Wildman–Crippen LogP) is 0.468. The monoisotopic (exact) mass is 274 g/mol. The van der Waals surface area contributed by atoms with E-state index < -0.39 is 23.8 Å². The van der Waals surface area contributed by atoms with Gasteiger partial charge in [-0.15, -0.1) is 0 Å². The third-order valence-corrected chi connectivity index (χ3v) is 2.62. The smallest absolute Gasteiger partial charge is 0.216 e. The van der Waals surface area contributed by atoms with Crippen LogP contribution in [0.25, 0.3) is 0 Å². The first kappa shape index (κ1) is 15.3. The lowest BCUT2D eigenvalue weighted by atomic mass is 10.00. The molecule has 0 radical (unpaired) electrons. The molecule has 106 valence electrons. The molecule has 0 aliphatic carbocycles. The summed E-state index contributed by atoms with van der Waals surface area (Å²) >= 11 is 0. The highest BCUT2D eigenvalue weighted by Gasteiger charge is 2.22. The molecule has 0 bridgehead atoms. The van der Waals surface area contributed by atoms with Gasteiger partial charge >= 0.3 is 0 Å². The number of aliphatic hydroxyl groups is 2. The SMILES string of the molecule is CC(=O)NCCC(O)C(O)c1cc(F)c(F)cc1N. The molecular weight excluding hydrogens is 258 g/mol. The zero-order valence-electron chi connectivity index (χ0n) is 10.4. The van der Waals surface area contributed by atoms with Gasteiger partial charge in [0, 0.05) is 30.8 Å². The number of anilines is 1. The normalized spacial score (nSPS) is 13.9. The molecule has 0 fully saturated rings. The van der Waals surface area contributed by atoms with Gasteiger partial charge in [0.2, 0.25) is 5.91 Å². The second-order valence-electron chi connectivity index (χ2n) is 4.18. The highest BCUT2D eigenvalue weighted by molar-refractivity contribution is 5.72. The van der Waals surface area contributed by atoms with Gasteiger partial charge in [0.15, 0.2) is 11.6 Å². The number of nitrogen functional groups attached to an aromatic ring is 1. The largest absolute Gasteiger partial charge is 0.398 e. The molecule has 1 aromatic carbocycles. The van der Waals surface area contributed by atoms with Gasteiger partial charge in [0.05, 0.1) is 6.10 Å². The van der Waals surface area contributed by atoms with E-state index in [4.69, 9.17) is 5.73 Å². The van der Waals surface area contributed by atoms with Crippen LogP contribution in [0.15, 0.2) is 12.1 Å². The van der Waals surface area contributed by atoms with Gasteiger partial charge in [-0.25, -0.2) is 8.78 Å². The van der Waals surface area contributed by atoms with Crippen LogP contribution in [0.4, 0.5) is 14.5 Å². The van der Waals surface area contributed by atoms with Crippen LogP contribution in [-0.2, 0) is 4.79 Å². The second kappa shape index (κ2) is 6.44. The Hall–Kier alpha value is -1.73. The summed E-state index contributed by atoms with van der Waals surface area (Å²) in [6.07, 6.45) is -2.65. The fourth-order valence-electron chi connectivity index (χ4n) is 1.59. The summed E-state index contributed by atoms with van der Waals surface area (Å²) in [5.41, 5.74) is 5.22. The van der Waals surface area contributed by atoms with E-state index in [0.29, 0.717) is 0 Å². The van der Waals surface area contributed by atoms with E-state index in [0.717, 1.165) is 12.1 Å². The first-order chi connectivity index (χ1) is 8.82. The molecule has 0 heterocycles. The van der Waals surface area contributed by atoms with Gasteiger partial charge in [-0.05, 0) is 12.5 Å². The number of halogens is 2. The molecule has 2 unspecified atom stereocenters. The molecule has 0 aliphatic rings. The quantitative estimate of drug-likeness (QED) is 0.587. The van der Waals surface area contributed by atoms with Gasteiger partial charge in [0.25, 0.3) is 0 Å². The molecule has 0 saturated carbocycles. The van der Waals surface area contributed by atoms with Crippen molar-refractivity contribution in [2.24, 2.45) is 0 Å². The summed E-state index contributed by atoms with van der Waals surface area (Å²) in [4.78, 5) is 10.6. The minimum atomic E-state index is -1.45. The number of rotatable bonds is 5. The van der Waals surface area contributed by atoms with Crippen LogP contribution in [0.3, 0.4) is 0 Å². The summed E-state index contributed by atoms with van der Waals surface area (Å²) in [5.74, 6) is -2.55. The maximum absolute atomic E-state index is 13.1. The average molecular weight is 274 g/mol. The van der Waals surface area contributed by atoms with Crippen molar-refractivity contribution >= 4 is 11.6 Å². The van der Waals surface area contributed by atoms with Gasteiger partial charge in [-0.2, -0.15) is 0 Å². The number of amides is 1. The minimum absolute atomic E-state index is 0.0547. The number of nitrogens with one attached hydrogen (secondary N) is 1. The van der Waals surface area contributed by atoms with Gasteiger partial charge < -0.3 is 21.3 Å². The Labute approximate surface area is 109 Å². The lowest BCUT2D eigenvalue weighted by Crippen LogP contribution is -2.28. The summed E-state index contributed by atoms with van der Waals surface area (Å²) in [6, 6.07) is 1.49. The molecule has 7 heteroatoms. The summed E-state index contributed by atoms with van der Waals surface area (Å²) in [6.45, 7) is 1.47. The first-order valence-corrected chi connectivity index (χ1v) is 5.68. The van der Waals surface area contributed by atoms with Crippen LogP contribution in [0.1, 0.15) is 25.0 Å². The van der Waals surface area contributed by atoms with Crippen LogP contribution in [0.5, 0.6) is 0 Å². The van der Waals surface area contributed by atoms with Crippen LogP contribution in [-0.4, -0.2) is 28.8 Å². The van der Waals surface area contributed by atoms with Gasteiger partial charge in [-0.1, -0.05) is 0 Å². The van der Waals surface area contributed by atoms with Gasteiger partial charge in [0.1, 0.15) is 6.10 Å². The Bertz CT molecular complexity index is 469. The molecule has 19 heavy (non-hydrogen) atoms. The molecule has 0 aromatic heterocycles. The molecule has 0 saturated heterocycles. The van der Waals surface area contributed by atoms with E-state index in [1.807, 2.05) is 0 Å². The molecular formula is C12H16F2N2O3. The highest BCUT2D eigenvalue weighted by Crippen LogP contribution is 2.26. The fourth-order valence-corrected chi connectivity index (χ4v) is 1.59. The van der Waals surface area contributed by atoms with Crippen LogP contribution in [0, 0.1) is 11.6 Å². The van der Waals surface area contributed by atoms with Crippen molar-refractivity contribution in [1.29, 1.82) is 0 Å². The summed E-state index contributed by atoms with van der Waals surface area (Å²) in [7, 11) is 0. The van der Waals surface area contributed by atoms with Gasteiger partial charge in [-0.3, -0.25) is 4.79 Å². The first-order valence-electron chi connectivity index (χ1n) is 5.68. The third-order valence-electron chi connectivity index (χ3n) is 2.62. The number of hydrogen-bond acceptors (Lipinski definition) is 4. The molecule has 5 N–H and O–H groups in total. The highest BCUT2D eigenvalue weighted by atomic mass is 19.2. The zero-order valence-corrected chi connectivity index (χ0v) is 10.4. The van der Waals surface area contributed by atoms with Crippen molar-refractivity contribution in [2.75, 3.05) is 12.3 Å². The fraction of sp³-hybridized carbons (Fsp3) is 0.417. The number of benzene rings is 1. The van der Waals surface area contributed by atoms with E-state index in [-0.39, 0.29) is 30.1 Å². The Morgan fingerprint density at radius 3 is 2.53 bits per heavy atom. The number of aliphatic hydroxyl groups excluding tert-OH is 2. The standard InChI is InChI=1S/C12H16F2N2O3/c1-6(17)16-3-2-11(18)12(19)7-4-8(13)9(14)5-10(7)15/h4-5,11-12,18-19H,2-3,15H2,1H3,(H,16,17). The maximum Gasteiger partial charge on any atom is 0.216 e. The maximum atomic E-state index is 13.1. The Kier molecular flexibility index (Phi) is 5.20. The molecule has 1 rings (SSSR count). The zero-order chi connectivity index (χ0) is 14.6. The summed E-state index contributed by atoms with van der Waals surface area (Å²) < 4.78 is 25.9. The van der Waals surface area contributed by atoms with E-state index in [1.165, 1.54) is 6.92 Å². The van der Waals surface area contributed by atoms with Crippen molar-refractivity contribution in [3.8, 4) is 0 Å². The van der Waals surface area contributed by atoms with Crippen molar-refractivity contribution in [3.63, 3.8) is 0 Å². The number of carbonyl (C=O) groups is 1. The van der Waals surface area contributed by atoms with E-state index >= 15 is 0 Å². The van der Waals surface area contributed by atoms with Crippen LogP contribution >= 0.6 is 0 Å². The molecule has 2 atom stereocenters. The lowest BCUT2D eigenvalue weighted by molar-refractivity contribution is -0.119. The topological polar surface area (TPSA) is 95.6 Å². The van der Waals surface area contributed by atoms with E-state index in [1.54, 1.807) is 0 Å². The Balaban J connectivity index is 2.73. The van der Waals surface area contributed by atoms with Crippen molar-refractivity contribution in [2.45, 2.75) is 25.6 Å². The predicted molar refractivity (Wildman–Crippen MR) is 65.0 cm³/mol. The number of carbonyl (C=O) groups excluding carboxylic acids is 1. The average Bonchev–Trinajstić information content (AvgIpc) is 2.32. The Morgan fingerprint density at radius 1 is 1.37 bits per heavy atom. The molecule has 5 nitrogen and oxygen atoms in total. The minimum Gasteiger partial charge on any atom is -0.398 e. The van der Waals surface area contributed by atoms with Crippen molar-refractivity contribution in [3.05, 3.63) is 29.3 Å². The van der Waals surface area contributed by atoms with E-state index in [9.17, 15) is 23.8 Å². The number of hydrogen-bond donors (Lipinski definition) is 4. The van der Waals surface area contributed by atoms with Crippen molar-refractivity contribution in [1.82, 2.24) is 5.32 Å². The van der Waals surface area contributed by atoms with E-state index in [2.05, 4.69) is 5.32 Å². The Morgan fingerprint density at radius 2 is 1.95 bits per heavy atom. The molecule has 0 aliphatic heterocycles. The van der Waals surface area contributed by atoms with Crippen LogP contribution in [0.2, 0.25) is 0 Å². The lowest BCUT2D eigenvalue weighted by Gasteiger charge is -2.20. The molecule has 1 aromatic rings. The molecule has 0 spiro atoms. The third kappa shape index (κ3) is 4.15. The second-order valence-corrected chi connectivity index (χ2v) is 4.18. The number of nitrogens with two attached hydrogens (primary N) is 1.